The first kappa shape index (κ1) is 14.0. The second kappa shape index (κ2) is 4.71. The molecular formula is C15H17Cl2N3S. The van der Waals surface area contributed by atoms with Crippen molar-refractivity contribution in [3.05, 3.63) is 32.0 Å². The van der Waals surface area contributed by atoms with Crippen LogP contribution >= 0.6 is 34.5 Å². The highest BCUT2D eigenvalue weighted by Gasteiger charge is 2.41. The van der Waals surface area contributed by atoms with E-state index in [1.807, 2.05) is 6.07 Å². The molecule has 0 bridgehead atoms. The van der Waals surface area contributed by atoms with E-state index in [0.29, 0.717) is 12.0 Å². The van der Waals surface area contributed by atoms with Crippen LogP contribution < -0.4 is 0 Å². The third-order valence-corrected chi connectivity index (χ3v) is 6.36. The Balaban J connectivity index is 1.83. The molecule has 2 aromatic rings. The average molecular weight is 342 g/mol. The molecule has 3 nitrogen and oxygen atoms in total. The van der Waals surface area contributed by atoms with Gasteiger partial charge in [0, 0.05) is 16.8 Å². The summed E-state index contributed by atoms with van der Waals surface area (Å²) >= 11 is 14.1. The first-order valence-electron chi connectivity index (χ1n) is 7.39. The van der Waals surface area contributed by atoms with Crippen molar-refractivity contribution in [2.24, 2.45) is 0 Å². The number of halogens is 2. The molecule has 2 aliphatic rings. The number of thiophene rings is 1. The van der Waals surface area contributed by atoms with Gasteiger partial charge in [-0.3, -0.25) is 0 Å². The normalized spacial score (nSPS) is 19.2. The molecule has 2 aromatic heterocycles. The van der Waals surface area contributed by atoms with Gasteiger partial charge in [-0.15, -0.1) is 21.5 Å². The Bertz CT molecular complexity index is 696. The minimum absolute atomic E-state index is 0.266. The number of hydrogen-bond acceptors (Lipinski definition) is 3. The Kier molecular flexibility index (Phi) is 3.15. The highest BCUT2D eigenvalue weighted by Crippen LogP contribution is 2.49. The van der Waals surface area contributed by atoms with Crippen LogP contribution in [0.5, 0.6) is 0 Å². The van der Waals surface area contributed by atoms with Crippen molar-refractivity contribution < 1.29 is 0 Å². The zero-order valence-corrected chi connectivity index (χ0v) is 14.4. The second-order valence-corrected chi connectivity index (χ2v) is 8.70. The molecule has 2 saturated carbocycles. The highest BCUT2D eigenvalue weighted by atomic mass is 35.5. The maximum atomic E-state index is 6.38. The van der Waals surface area contributed by atoms with Gasteiger partial charge in [0.2, 0.25) is 0 Å². The van der Waals surface area contributed by atoms with Crippen molar-refractivity contribution in [1.29, 1.82) is 0 Å². The summed E-state index contributed by atoms with van der Waals surface area (Å²) in [4.78, 5) is 1.07. The molecule has 6 heteroatoms. The third-order valence-electron chi connectivity index (χ3n) is 4.36. The van der Waals surface area contributed by atoms with Crippen molar-refractivity contribution in [3.8, 4) is 0 Å². The summed E-state index contributed by atoms with van der Waals surface area (Å²) in [5.41, 5.74) is -0.266. The van der Waals surface area contributed by atoms with Gasteiger partial charge in [0.05, 0.1) is 14.8 Å². The molecule has 0 aliphatic heterocycles. The molecule has 21 heavy (non-hydrogen) atoms. The lowest BCUT2D eigenvalue weighted by molar-refractivity contribution is 0.533. The molecule has 0 aromatic carbocycles. The molecule has 4 rings (SSSR count). The molecular weight excluding hydrogens is 325 g/mol. The van der Waals surface area contributed by atoms with Gasteiger partial charge in [-0.05, 0) is 45.6 Å². The molecule has 0 unspecified atom stereocenters. The quantitative estimate of drug-likeness (QED) is 0.766. The molecule has 2 fully saturated rings. The lowest BCUT2D eigenvalue weighted by Gasteiger charge is -2.24. The first-order valence-corrected chi connectivity index (χ1v) is 8.96. The van der Waals surface area contributed by atoms with Crippen molar-refractivity contribution in [2.75, 3.05) is 0 Å². The zero-order chi connectivity index (χ0) is 14.8. The fraction of sp³-hybridized carbons (Fsp3) is 0.600. The van der Waals surface area contributed by atoms with Gasteiger partial charge in [0.1, 0.15) is 11.6 Å². The molecule has 112 valence electrons. The molecule has 0 spiro atoms. The van der Waals surface area contributed by atoms with Crippen LogP contribution in [0.25, 0.3) is 0 Å². The number of hydrogen-bond donors (Lipinski definition) is 0. The number of aromatic nitrogens is 3. The van der Waals surface area contributed by atoms with Crippen LogP contribution in [0.1, 0.15) is 68.0 Å². The van der Waals surface area contributed by atoms with Gasteiger partial charge in [-0.1, -0.05) is 23.2 Å². The van der Waals surface area contributed by atoms with E-state index in [1.54, 1.807) is 11.3 Å². The average Bonchev–Trinajstić information content (AvgIpc) is 3.34. The van der Waals surface area contributed by atoms with Crippen LogP contribution in [0.3, 0.4) is 0 Å². The van der Waals surface area contributed by atoms with Crippen LogP contribution in [-0.2, 0) is 5.41 Å². The van der Waals surface area contributed by atoms with E-state index < -0.39 is 0 Å². The maximum absolute atomic E-state index is 6.38. The molecule has 0 saturated heterocycles. The van der Waals surface area contributed by atoms with Crippen molar-refractivity contribution in [3.63, 3.8) is 0 Å². The largest absolute Gasteiger partial charge is 0.311 e. The summed E-state index contributed by atoms with van der Waals surface area (Å²) in [6.07, 6.45) is 4.97. The molecule has 2 heterocycles. The molecule has 0 amide bonds. The molecule has 0 radical (unpaired) electrons. The van der Waals surface area contributed by atoms with Gasteiger partial charge in [0.15, 0.2) is 0 Å². The topological polar surface area (TPSA) is 30.7 Å². The number of nitrogens with zero attached hydrogens (tertiary/aromatic N) is 3. The highest BCUT2D eigenvalue weighted by molar-refractivity contribution is 7.17. The van der Waals surface area contributed by atoms with Gasteiger partial charge in [-0.2, -0.15) is 0 Å². The van der Waals surface area contributed by atoms with Crippen LogP contribution in [0, 0.1) is 0 Å². The van der Waals surface area contributed by atoms with E-state index in [-0.39, 0.29) is 5.41 Å². The van der Waals surface area contributed by atoms with E-state index in [0.717, 1.165) is 20.1 Å². The minimum atomic E-state index is -0.266. The zero-order valence-electron chi connectivity index (χ0n) is 12.1. The molecule has 0 atom stereocenters. The number of rotatable bonds is 4. The van der Waals surface area contributed by atoms with Crippen molar-refractivity contribution >= 4 is 34.5 Å². The van der Waals surface area contributed by atoms with E-state index in [2.05, 4.69) is 28.6 Å². The van der Waals surface area contributed by atoms with Crippen LogP contribution in [0.4, 0.5) is 0 Å². The van der Waals surface area contributed by atoms with Gasteiger partial charge < -0.3 is 4.57 Å². The van der Waals surface area contributed by atoms with Gasteiger partial charge >= 0.3 is 0 Å². The summed E-state index contributed by atoms with van der Waals surface area (Å²) in [6.45, 7) is 4.33. The summed E-state index contributed by atoms with van der Waals surface area (Å²) in [5.74, 6) is 2.83. The predicted octanol–water partition coefficient (Wildman–Crippen LogP) is 5.18. The predicted molar refractivity (Wildman–Crippen MR) is 86.7 cm³/mol. The van der Waals surface area contributed by atoms with E-state index in [1.165, 1.54) is 31.5 Å². The fourth-order valence-electron chi connectivity index (χ4n) is 2.91. The lowest BCUT2D eigenvalue weighted by Crippen LogP contribution is -2.24. The molecule has 2 aliphatic carbocycles. The Morgan fingerprint density at radius 1 is 1.19 bits per heavy atom. The maximum Gasteiger partial charge on any atom is 0.144 e. The SMILES string of the molecule is CC(C)(c1sc(Cl)cc1Cl)c1nnc(C2CC2)n1C1CC1. The third kappa shape index (κ3) is 2.32. The second-order valence-electron chi connectivity index (χ2n) is 6.61. The summed E-state index contributed by atoms with van der Waals surface area (Å²) in [6, 6.07) is 2.41. The van der Waals surface area contributed by atoms with E-state index in [9.17, 15) is 0 Å². The summed E-state index contributed by atoms with van der Waals surface area (Å²) < 4.78 is 3.12. The van der Waals surface area contributed by atoms with Gasteiger partial charge in [0.25, 0.3) is 0 Å². The van der Waals surface area contributed by atoms with Gasteiger partial charge in [-0.25, -0.2) is 0 Å². The summed E-state index contributed by atoms with van der Waals surface area (Å²) in [5, 5.41) is 9.79. The van der Waals surface area contributed by atoms with Crippen LogP contribution in [0.2, 0.25) is 9.36 Å². The summed E-state index contributed by atoms with van der Waals surface area (Å²) in [7, 11) is 0. The Morgan fingerprint density at radius 2 is 1.90 bits per heavy atom. The molecule has 0 N–H and O–H groups in total. The smallest absolute Gasteiger partial charge is 0.144 e. The Labute approximate surface area is 138 Å². The van der Waals surface area contributed by atoms with Crippen molar-refractivity contribution in [1.82, 2.24) is 14.8 Å². The standard InChI is InChI=1S/C15H17Cl2N3S/c1-15(2,12-10(16)7-11(17)21-12)14-19-18-13(8-3-4-8)20(14)9-5-6-9/h7-9H,3-6H2,1-2H3. The van der Waals surface area contributed by atoms with Crippen molar-refractivity contribution in [2.45, 2.75) is 56.9 Å². The monoisotopic (exact) mass is 341 g/mol. The van der Waals surface area contributed by atoms with E-state index >= 15 is 0 Å². The Hall–Kier alpha value is -0.580. The lowest BCUT2D eigenvalue weighted by atomic mass is 9.90. The Morgan fingerprint density at radius 3 is 2.43 bits per heavy atom. The van der Waals surface area contributed by atoms with Crippen LogP contribution in [-0.4, -0.2) is 14.8 Å². The van der Waals surface area contributed by atoms with E-state index in [4.69, 9.17) is 23.2 Å². The fourth-order valence-corrected chi connectivity index (χ4v) is 4.71. The van der Waals surface area contributed by atoms with Crippen LogP contribution in [0.15, 0.2) is 6.07 Å². The minimum Gasteiger partial charge on any atom is -0.311 e. The first-order chi connectivity index (χ1) is 9.98.